The first-order valence-electron chi connectivity index (χ1n) is 5.74. The normalized spacial score (nSPS) is 30.6. The average Bonchev–Trinajstić information content (AvgIpc) is 2.72. The lowest BCUT2D eigenvalue weighted by molar-refractivity contribution is 0.173. The van der Waals surface area contributed by atoms with Gasteiger partial charge in [-0.05, 0) is 19.8 Å². The minimum absolute atomic E-state index is 0.108. The van der Waals surface area contributed by atoms with Crippen molar-refractivity contribution < 1.29 is 9.26 Å². The molecule has 1 heterocycles. The minimum Gasteiger partial charge on any atom is -0.377 e. The molecule has 1 aromatic heterocycles. The first-order valence-corrected chi connectivity index (χ1v) is 5.74. The molecule has 5 nitrogen and oxygen atoms in total. The van der Waals surface area contributed by atoms with Crippen LogP contribution in [0.25, 0.3) is 0 Å². The molecule has 2 rings (SSSR count). The number of hydrogen-bond donors (Lipinski definition) is 1. The zero-order valence-corrected chi connectivity index (χ0v) is 9.90. The Hall–Kier alpha value is -0.940. The summed E-state index contributed by atoms with van der Waals surface area (Å²) < 4.78 is 10.3. The predicted octanol–water partition coefficient (Wildman–Crippen LogP) is 1.38. The van der Waals surface area contributed by atoms with Gasteiger partial charge >= 0.3 is 0 Å². The first kappa shape index (κ1) is 11.5. The Morgan fingerprint density at radius 2 is 2.38 bits per heavy atom. The number of nitrogens with zero attached hydrogens (tertiary/aromatic N) is 2. The highest BCUT2D eigenvalue weighted by Crippen LogP contribution is 2.37. The maximum absolute atomic E-state index is 6.17. The average molecular weight is 225 g/mol. The lowest BCUT2D eigenvalue weighted by atomic mass is 9.72. The lowest BCUT2D eigenvalue weighted by Gasteiger charge is -2.35. The summed E-state index contributed by atoms with van der Waals surface area (Å²) in [6.07, 6.45) is 4.41. The molecule has 0 saturated heterocycles. The van der Waals surface area contributed by atoms with Crippen LogP contribution in [0.4, 0.5) is 0 Å². The molecule has 0 amide bonds. The highest BCUT2D eigenvalue weighted by Gasteiger charge is 2.40. The van der Waals surface area contributed by atoms with E-state index in [-0.39, 0.29) is 11.5 Å². The standard InChI is InChI=1S/C11H19N3O2/c1-11(6-4-3-5-8(11)12)10-13-9(7-15-2)14-16-10/h8H,3-7,12H2,1-2H3. The van der Waals surface area contributed by atoms with Gasteiger partial charge in [0.2, 0.25) is 5.89 Å². The zero-order valence-electron chi connectivity index (χ0n) is 9.90. The summed E-state index contributed by atoms with van der Waals surface area (Å²) in [6, 6.07) is 0.108. The zero-order chi connectivity index (χ0) is 11.6. The van der Waals surface area contributed by atoms with Gasteiger partial charge in [0.05, 0.1) is 5.41 Å². The quantitative estimate of drug-likeness (QED) is 0.841. The Morgan fingerprint density at radius 3 is 3.06 bits per heavy atom. The molecule has 90 valence electrons. The van der Waals surface area contributed by atoms with Crippen molar-refractivity contribution in [3.63, 3.8) is 0 Å². The van der Waals surface area contributed by atoms with E-state index in [2.05, 4.69) is 17.1 Å². The predicted molar refractivity (Wildman–Crippen MR) is 58.8 cm³/mol. The summed E-state index contributed by atoms with van der Waals surface area (Å²) in [7, 11) is 1.62. The summed E-state index contributed by atoms with van der Waals surface area (Å²) >= 11 is 0. The summed E-state index contributed by atoms with van der Waals surface area (Å²) in [5, 5.41) is 3.89. The maximum Gasteiger partial charge on any atom is 0.234 e. The van der Waals surface area contributed by atoms with Gasteiger partial charge in [0.25, 0.3) is 0 Å². The van der Waals surface area contributed by atoms with Crippen molar-refractivity contribution in [1.29, 1.82) is 0 Å². The third-order valence-corrected chi connectivity index (χ3v) is 3.51. The van der Waals surface area contributed by atoms with Crippen LogP contribution in [-0.2, 0) is 16.8 Å². The van der Waals surface area contributed by atoms with E-state index in [4.69, 9.17) is 15.0 Å². The molecule has 2 atom stereocenters. The van der Waals surface area contributed by atoms with Crippen LogP contribution < -0.4 is 5.73 Å². The number of hydrogen-bond acceptors (Lipinski definition) is 5. The second kappa shape index (κ2) is 4.51. The fraction of sp³-hybridized carbons (Fsp3) is 0.818. The van der Waals surface area contributed by atoms with Crippen LogP contribution in [0.2, 0.25) is 0 Å². The van der Waals surface area contributed by atoms with Crippen molar-refractivity contribution in [1.82, 2.24) is 10.1 Å². The van der Waals surface area contributed by atoms with Gasteiger partial charge < -0.3 is 15.0 Å². The highest BCUT2D eigenvalue weighted by molar-refractivity contribution is 5.10. The smallest absolute Gasteiger partial charge is 0.234 e. The van der Waals surface area contributed by atoms with Gasteiger partial charge in [-0.2, -0.15) is 4.98 Å². The molecular formula is C11H19N3O2. The molecule has 1 aliphatic rings. The molecule has 0 aromatic carbocycles. The van der Waals surface area contributed by atoms with Crippen molar-refractivity contribution in [2.75, 3.05) is 7.11 Å². The number of rotatable bonds is 3. The van der Waals surface area contributed by atoms with Gasteiger partial charge in [-0.3, -0.25) is 0 Å². The Kier molecular flexibility index (Phi) is 3.25. The van der Waals surface area contributed by atoms with Crippen LogP contribution in [-0.4, -0.2) is 23.3 Å². The van der Waals surface area contributed by atoms with Gasteiger partial charge in [0.1, 0.15) is 6.61 Å². The summed E-state index contributed by atoms with van der Waals surface area (Å²) in [5.74, 6) is 1.25. The second-order valence-electron chi connectivity index (χ2n) is 4.72. The SMILES string of the molecule is COCc1noc(C2(C)CCCCC2N)n1. The summed E-state index contributed by atoms with van der Waals surface area (Å²) in [6.45, 7) is 2.50. The topological polar surface area (TPSA) is 74.2 Å². The third kappa shape index (κ3) is 1.97. The lowest BCUT2D eigenvalue weighted by Crippen LogP contribution is -2.45. The van der Waals surface area contributed by atoms with Crippen molar-refractivity contribution in [3.05, 3.63) is 11.7 Å². The Bertz CT molecular complexity index is 353. The largest absolute Gasteiger partial charge is 0.377 e. The molecule has 0 aliphatic heterocycles. The number of ether oxygens (including phenoxy) is 1. The molecule has 1 saturated carbocycles. The van der Waals surface area contributed by atoms with Crippen LogP contribution in [0.1, 0.15) is 44.3 Å². The van der Waals surface area contributed by atoms with Crippen LogP contribution >= 0.6 is 0 Å². The van der Waals surface area contributed by atoms with Gasteiger partial charge in [-0.25, -0.2) is 0 Å². The van der Waals surface area contributed by atoms with E-state index in [1.807, 2.05) is 0 Å². The maximum atomic E-state index is 6.17. The molecule has 0 bridgehead atoms. The molecule has 1 fully saturated rings. The molecule has 2 N–H and O–H groups in total. The van der Waals surface area contributed by atoms with E-state index < -0.39 is 0 Å². The fourth-order valence-corrected chi connectivity index (χ4v) is 2.30. The number of aromatic nitrogens is 2. The van der Waals surface area contributed by atoms with Crippen molar-refractivity contribution >= 4 is 0 Å². The fourth-order valence-electron chi connectivity index (χ4n) is 2.30. The first-order chi connectivity index (χ1) is 7.66. The van der Waals surface area contributed by atoms with Gasteiger partial charge in [0, 0.05) is 13.2 Å². The van der Waals surface area contributed by atoms with Crippen molar-refractivity contribution in [2.45, 2.75) is 50.7 Å². The van der Waals surface area contributed by atoms with E-state index in [9.17, 15) is 0 Å². The highest BCUT2D eigenvalue weighted by atomic mass is 16.5. The minimum atomic E-state index is -0.169. The van der Waals surface area contributed by atoms with Gasteiger partial charge in [-0.15, -0.1) is 0 Å². The van der Waals surface area contributed by atoms with E-state index in [0.29, 0.717) is 18.3 Å². The van der Waals surface area contributed by atoms with E-state index in [0.717, 1.165) is 12.8 Å². The summed E-state index contributed by atoms with van der Waals surface area (Å²) in [4.78, 5) is 4.36. The van der Waals surface area contributed by atoms with E-state index in [1.54, 1.807) is 7.11 Å². The molecule has 1 aliphatic carbocycles. The van der Waals surface area contributed by atoms with Crippen LogP contribution in [0.15, 0.2) is 4.52 Å². The number of methoxy groups -OCH3 is 1. The van der Waals surface area contributed by atoms with E-state index >= 15 is 0 Å². The molecule has 2 unspecified atom stereocenters. The molecule has 1 aromatic rings. The molecule has 0 spiro atoms. The third-order valence-electron chi connectivity index (χ3n) is 3.51. The van der Waals surface area contributed by atoms with Crippen molar-refractivity contribution in [3.8, 4) is 0 Å². The van der Waals surface area contributed by atoms with Crippen LogP contribution in [0.3, 0.4) is 0 Å². The molecule has 0 radical (unpaired) electrons. The Morgan fingerprint density at radius 1 is 1.56 bits per heavy atom. The second-order valence-corrected chi connectivity index (χ2v) is 4.72. The molecule has 16 heavy (non-hydrogen) atoms. The van der Waals surface area contributed by atoms with Gasteiger partial charge in [0.15, 0.2) is 5.82 Å². The molecule has 5 heteroatoms. The van der Waals surface area contributed by atoms with E-state index in [1.165, 1.54) is 12.8 Å². The van der Waals surface area contributed by atoms with Gasteiger partial charge in [-0.1, -0.05) is 18.0 Å². The Balaban J connectivity index is 2.20. The van der Waals surface area contributed by atoms with Crippen LogP contribution in [0, 0.1) is 0 Å². The monoisotopic (exact) mass is 225 g/mol. The number of nitrogens with two attached hydrogens (primary N) is 1. The molecular weight excluding hydrogens is 206 g/mol. The Labute approximate surface area is 95.3 Å². The van der Waals surface area contributed by atoms with Crippen LogP contribution in [0.5, 0.6) is 0 Å². The summed E-state index contributed by atoms with van der Waals surface area (Å²) in [5.41, 5.74) is 6.00. The van der Waals surface area contributed by atoms with Crippen molar-refractivity contribution in [2.24, 2.45) is 5.73 Å².